The lowest BCUT2D eigenvalue weighted by Gasteiger charge is -2.41. The highest BCUT2D eigenvalue weighted by Gasteiger charge is 2.49. The Morgan fingerprint density at radius 2 is 1.91 bits per heavy atom. The number of ether oxygens (including phenoxy) is 1. The van der Waals surface area contributed by atoms with E-state index in [2.05, 4.69) is 5.16 Å². The van der Waals surface area contributed by atoms with Crippen molar-refractivity contribution in [3.05, 3.63) is 70.8 Å². The molecule has 1 aliphatic rings. The molecule has 0 saturated heterocycles. The molecule has 0 amide bonds. The Hall–Kier alpha value is -2.37. The lowest BCUT2D eigenvalue weighted by molar-refractivity contribution is -0.0948. The molecule has 0 aromatic heterocycles. The molecule has 0 saturated carbocycles. The van der Waals surface area contributed by atoms with Gasteiger partial charge in [-0.3, -0.25) is 0 Å². The molecule has 2 aromatic rings. The Balaban J connectivity index is 2.18. The van der Waals surface area contributed by atoms with Crippen molar-refractivity contribution in [1.29, 1.82) is 0 Å². The molecule has 4 N–H and O–H groups in total. The van der Waals surface area contributed by atoms with E-state index in [-0.39, 0.29) is 5.84 Å². The molecule has 5 nitrogen and oxygen atoms in total. The van der Waals surface area contributed by atoms with Crippen LogP contribution in [0.15, 0.2) is 53.7 Å². The number of oxime groups is 1. The second-order valence-electron chi connectivity index (χ2n) is 5.79. The fourth-order valence-corrected chi connectivity index (χ4v) is 3.14. The smallest absolute Gasteiger partial charge is 0.183 e. The summed E-state index contributed by atoms with van der Waals surface area (Å²) in [6.07, 6.45) is -0.363. The third-order valence-corrected chi connectivity index (χ3v) is 4.39. The molecule has 2 aromatic carbocycles. The summed E-state index contributed by atoms with van der Waals surface area (Å²) in [7, 11) is 0. The van der Waals surface area contributed by atoms with Gasteiger partial charge in [-0.2, -0.15) is 0 Å². The zero-order valence-electron chi connectivity index (χ0n) is 12.9. The third-order valence-electron chi connectivity index (χ3n) is 4.39. The van der Waals surface area contributed by atoms with Crippen molar-refractivity contribution in [3.8, 4) is 0 Å². The number of benzene rings is 2. The van der Waals surface area contributed by atoms with Crippen molar-refractivity contribution >= 4 is 5.84 Å². The Kier molecular flexibility index (Phi) is 4.07. The molecule has 23 heavy (non-hydrogen) atoms. The van der Waals surface area contributed by atoms with Crippen molar-refractivity contribution < 1.29 is 15.1 Å². The van der Waals surface area contributed by atoms with Crippen LogP contribution in [0.1, 0.15) is 28.4 Å². The largest absolute Gasteiger partial charge is 0.409 e. The van der Waals surface area contributed by atoms with Crippen LogP contribution in [-0.2, 0) is 16.8 Å². The van der Waals surface area contributed by atoms with Gasteiger partial charge >= 0.3 is 0 Å². The molecular formula is C18H20N2O3. The molecule has 120 valence electrons. The van der Waals surface area contributed by atoms with Gasteiger partial charge in [0.2, 0.25) is 0 Å². The number of hydrogen-bond acceptors (Lipinski definition) is 4. The van der Waals surface area contributed by atoms with E-state index in [4.69, 9.17) is 10.5 Å². The maximum Gasteiger partial charge on any atom is 0.183 e. The fraction of sp³-hybridized carbons (Fsp3) is 0.278. The van der Waals surface area contributed by atoms with Crippen LogP contribution in [0.5, 0.6) is 0 Å². The van der Waals surface area contributed by atoms with Crippen LogP contribution in [0.4, 0.5) is 0 Å². The first-order valence-corrected chi connectivity index (χ1v) is 7.54. The molecule has 0 radical (unpaired) electrons. The van der Waals surface area contributed by atoms with Gasteiger partial charge in [-0.05, 0) is 30.0 Å². The minimum atomic E-state index is -1.39. The van der Waals surface area contributed by atoms with Gasteiger partial charge in [0.25, 0.3) is 0 Å². The number of aliphatic hydroxyl groups is 1. The summed E-state index contributed by atoms with van der Waals surface area (Å²) >= 11 is 0. The average molecular weight is 312 g/mol. The summed E-state index contributed by atoms with van der Waals surface area (Å²) in [4.78, 5) is 0. The Labute approximate surface area is 135 Å². The van der Waals surface area contributed by atoms with Gasteiger partial charge in [0.15, 0.2) is 11.4 Å². The number of nitrogens with two attached hydrogens (primary N) is 1. The molecule has 3 rings (SSSR count). The number of aryl methyl sites for hydroxylation is 1. The van der Waals surface area contributed by atoms with E-state index < -0.39 is 11.7 Å². The van der Waals surface area contributed by atoms with E-state index in [9.17, 15) is 10.3 Å². The van der Waals surface area contributed by atoms with E-state index in [0.29, 0.717) is 12.2 Å². The van der Waals surface area contributed by atoms with E-state index in [0.717, 1.165) is 23.1 Å². The molecule has 0 bridgehead atoms. The highest BCUT2D eigenvalue weighted by atomic mass is 16.5. The van der Waals surface area contributed by atoms with Crippen molar-refractivity contribution in [2.24, 2.45) is 10.9 Å². The normalized spacial score (nSPS) is 22.4. The maximum absolute atomic E-state index is 11.0. The number of nitrogens with zero attached hydrogens (tertiary/aromatic N) is 1. The molecule has 0 spiro atoms. The van der Waals surface area contributed by atoms with Gasteiger partial charge in [-0.15, -0.1) is 0 Å². The van der Waals surface area contributed by atoms with Crippen LogP contribution in [0.3, 0.4) is 0 Å². The van der Waals surface area contributed by atoms with Gasteiger partial charge in [0, 0.05) is 0 Å². The SMILES string of the molecule is Cc1ccc(C(O)C2(/C(N)=N/O)OCCc3ccccc32)cc1. The van der Waals surface area contributed by atoms with Gasteiger partial charge in [-0.25, -0.2) is 0 Å². The first-order valence-electron chi connectivity index (χ1n) is 7.54. The van der Waals surface area contributed by atoms with Crippen LogP contribution in [0, 0.1) is 6.92 Å². The average Bonchev–Trinajstić information content (AvgIpc) is 2.60. The molecule has 2 unspecified atom stereocenters. The molecule has 1 heterocycles. The zero-order chi connectivity index (χ0) is 16.4. The van der Waals surface area contributed by atoms with Crippen molar-refractivity contribution in [2.45, 2.75) is 25.0 Å². The predicted molar refractivity (Wildman–Crippen MR) is 87.3 cm³/mol. The van der Waals surface area contributed by atoms with Gasteiger partial charge in [0.05, 0.1) is 6.61 Å². The summed E-state index contributed by atoms with van der Waals surface area (Å²) in [5.74, 6) is -0.155. The number of fused-ring (bicyclic) bond motifs is 1. The lowest BCUT2D eigenvalue weighted by atomic mass is 9.78. The highest BCUT2D eigenvalue weighted by molar-refractivity contribution is 5.91. The summed E-state index contributed by atoms with van der Waals surface area (Å²) in [5.41, 5.74) is 8.08. The number of rotatable bonds is 3. The summed E-state index contributed by atoms with van der Waals surface area (Å²) < 4.78 is 5.93. The van der Waals surface area contributed by atoms with Gasteiger partial charge in [-0.1, -0.05) is 59.3 Å². The van der Waals surface area contributed by atoms with Gasteiger partial charge in [0.1, 0.15) is 6.10 Å². The van der Waals surface area contributed by atoms with Crippen molar-refractivity contribution in [3.63, 3.8) is 0 Å². The van der Waals surface area contributed by atoms with Crippen LogP contribution >= 0.6 is 0 Å². The summed E-state index contributed by atoms with van der Waals surface area (Å²) in [5, 5.41) is 23.5. The molecule has 1 aliphatic heterocycles. The monoisotopic (exact) mass is 312 g/mol. The van der Waals surface area contributed by atoms with Gasteiger partial charge < -0.3 is 20.8 Å². The molecule has 0 aliphatic carbocycles. The lowest BCUT2D eigenvalue weighted by Crippen LogP contribution is -2.51. The van der Waals surface area contributed by atoms with E-state index in [1.165, 1.54) is 0 Å². The Bertz CT molecular complexity index is 727. The highest BCUT2D eigenvalue weighted by Crippen LogP contribution is 2.43. The van der Waals surface area contributed by atoms with Crippen molar-refractivity contribution in [2.75, 3.05) is 6.61 Å². The summed E-state index contributed by atoms with van der Waals surface area (Å²) in [6.45, 7) is 2.36. The first kappa shape index (κ1) is 15.5. The van der Waals surface area contributed by atoms with Crippen LogP contribution in [0.2, 0.25) is 0 Å². The molecule has 5 heteroatoms. The second-order valence-corrected chi connectivity index (χ2v) is 5.79. The van der Waals surface area contributed by atoms with Crippen LogP contribution in [-0.4, -0.2) is 22.8 Å². The Morgan fingerprint density at radius 1 is 1.22 bits per heavy atom. The van der Waals surface area contributed by atoms with Crippen LogP contribution in [0.25, 0.3) is 0 Å². The van der Waals surface area contributed by atoms with E-state index >= 15 is 0 Å². The standard InChI is InChI=1S/C18H20N2O3/c1-12-6-8-14(9-7-12)16(21)18(17(19)20-22)15-5-3-2-4-13(15)10-11-23-18/h2-9,16,21-22H,10-11H2,1H3,(H2,19,20). The van der Waals surface area contributed by atoms with E-state index in [1.807, 2.05) is 55.5 Å². The number of amidine groups is 1. The molecule has 0 fully saturated rings. The summed E-state index contributed by atoms with van der Waals surface area (Å²) in [6, 6.07) is 15.1. The molecule has 2 atom stereocenters. The quantitative estimate of drug-likeness (QED) is 0.351. The maximum atomic E-state index is 11.0. The van der Waals surface area contributed by atoms with Crippen molar-refractivity contribution in [1.82, 2.24) is 0 Å². The minimum absolute atomic E-state index is 0.155. The topological polar surface area (TPSA) is 88.1 Å². The fourth-order valence-electron chi connectivity index (χ4n) is 3.14. The predicted octanol–water partition coefficient (Wildman–Crippen LogP) is 2.24. The van der Waals surface area contributed by atoms with Crippen LogP contribution < -0.4 is 5.73 Å². The second kappa shape index (κ2) is 6.02. The number of hydrogen-bond donors (Lipinski definition) is 3. The first-order chi connectivity index (χ1) is 11.1. The molecular weight excluding hydrogens is 292 g/mol. The third kappa shape index (κ3) is 2.48. The number of aliphatic hydroxyl groups excluding tert-OH is 1. The Morgan fingerprint density at radius 3 is 2.61 bits per heavy atom. The zero-order valence-corrected chi connectivity index (χ0v) is 12.9. The minimum Gasteiger partial charge on any atom is -0.409 e. The van der Waals surface area contributed by atoms with E-state index in [1.54, 1.807) is 0 Å².